The van der Waals surface area contributed by atoms with Gasteiger partial charge in [0, 0.05) is 0 Å². The standard InChI is InChI=1S/C9H15/c1-3-9-6-4-8(2)5-7-9/h3-4,9H,5-7H2,1-2H3. The first-order chi connectivity index (χ1) is 4.33. The van der Waals surface area contributed by atoms with Crippen LogP contribution in [-0.2, 0) is 0 Å². The predicted molar refractivity (Wildman–Crippen MR) is 41.1 cm³/mol. The molecule has 0 heterocycles. The smallest absolute Gasteiger partial charge is 0.0317 e. The monoisotopic (exact) mass is 123 g/mol. The normalized spacial score (nSPS) is 27.8. The van der Waals surface area contributed by atoms with Crippen LogP contribution < -0.4 is 0 Å². The van der Waals surface area contributed by atoms with Gasteiger partial charge in [0.2, 0.25) is 0 Å². The van der Waals surface area contributed by atoms with Crippen molar-refractivity contribution in [3.05, 3.63) is 18.1 Å². The Morgan fingerprint density at radius 2 is 2.44 bits per heavy atom. The van der Waals surface area contributed by atoms with E-state index in [0.717, 1.165) is 5.92 Å². The van der Waals surface area contributed by atoms with Gasteiger partial charge in [-0.3, -0.25) is 0 Å². The summed E-state index contributed by atoms with van der Waals surface area (Å²) in [6, 6.07) is 0. The molecule has 51 valence electrons. The van der Waals surface area contributed by atoms with E-state index in [2.05, 4.69) is 26.3 Å². The summed E-state index contributed by atoms with van der Waals surface area (Å²) in [5, 5.41) is 0. The van der Waals surface area contributed by atoms with E-state index in [4.69, 9.17) is 0 Å². The van der Waals surface area contributed by atoms with Crippen LogP contribution in [-0.4, -0.2) is 0 Å². The molecule has 0 spiro atoms. The van der Waals surface area contributed by atoms with Crippen molar-refractivity contribution < 1.29 is 0 Å². The Bertz CT molecular complexity index is 111. The second-order valence-corrected chi connectivity index (χ2v) is 2.92. The zero-order valence-corrected chi connectivity index (χ0v) is 6.35. The van der Waals surface area contributed by atoms with Crippen LogP contribution in [0.25, 0.3) is 0 Å². The van der Waals surface area contributed by atoms with Crippen LogP contribution in [0.2, 0.25) is 0 Å². The topological polar surface area (TPSA) is 0 Å². The number of allylic oxidation sites excluding steroid dienone is 2. The Kier molecular flexibility index (Phi) is 2.32. The Hall–Kier alpha value is -0.260. The molecule has 1 unspecified atom stereocenters. The van der Waals surface area contributed by atoms with Crippen LogP contribution in [0.1, 0.15) is 33.1 Å². The van der Waals surface area contributed by atoms with Crippen molar-refractivity contribution in [1.29, 1.82) is 0 Å². The first-order valence-electron chi connectivity index (χ1n) is 3.78. The van der Waals surface area contributed by atoms with Gasteiger partial charge in [-0.2, -0.15) is 0 Å². The van der Waals surface area contributed by atoms with Crippen molar-refractivity contribution in [2.24, 2.45) is 5.92 Å². The maximum absolute atomic E-state index is 2.37. The summed E-state index contributed by atoms with van der Waals surface area (Å²) in [5.41, 5.74) is 1.58. The van der Waals surface area contributed by atoms with Crippen molar-refractivity contribution >= 4 is 0 Å². The van der Waals surface area contributed by atoms with E-state index >= 15 is 0 Å². The molecule has 1 aliphatic carbocycles. The Labute approximate surface area is 58.0 Å². The lowest BCUT2D eigenvalue weighted by Crippen LogP contribution is -2.02. The van der Waals surface area contributed by atoms with Gasteiger partial charge < -0.3 is 0 Å². The highest BCUT2D eigenvalue weighted by Gasteiger charge is 2.09. The van der Waals surface area contributed by atoms with Crippen LogP contribution in [0.5, 0.6) is 0 Å². The summed E-state index contributed by atoms with van der Waals surface area (Å²) < 4.78 is 0. The van der Waals surface area contributed by atoms with E-state index in [1.54, 1.807) is 5.57 Å². The molecule has 9 heavy (non-hydrogen) atoms. The van der Waals surface area contributed by atoms with Crippen LogP contribution >= 0.6 is 0 Å². The molecule has 1 radical (unpaired) electrons. The van der Waals surface area contributed by atoms with Gasteiger partial charge in [0.15, 0.2) is 0 Å². The molecule has 1 aliphatic rings. The summed E-state index contributed by atoms with van der Waals surface area (Å²) >= 11 is 0. The van der Waals surface area contributed by atoms with Crippen molar-refractivity contribution in [3.63, 3.8) is 0 Å². The molecule has 0 heteroatoms. The van der Waals surface area contributed by atoms with Gasteiger partial charge in [0.25, 0.3) is 0 Å². The molecule has 1 rings (SSSR count). The first kappa shape index (κ1) is 6.85. The molecule has 0 amide bonds. The predicted octanol–water partition coefficient (Wildman–Crippen LogP) is 2.96. The molecule has 0 aromatic rings. The molecule has 1 atom stereocenters. The summed E-state index contributed by atoms with van der Waals surface area (Å²) in [7, 11) is 0. The van der Waals surface area contributed by atoms with E-state index < -0.39 is 0 Å². The summed E-state index contributed by atoms with van der Waals surface area (Å²) in [4.78, 5) is 0. The minimum Gasteiger partial charge on any atom is -0.0853 e. The Morgan fingerprint density at radius 3 is 2.89 bits per heavy atom. The fourth-order valence-corrected chi connectivity index (χ4v) is 1.29. The van der Waals surface area contributed by atoms with Crippen LogP contribution in [0.3, 0.4) is 0 Å². The molecule has 0 bridgehead atoms. The first-order valence-corrected chi connectivity index (χ1v) is 3.78. The van der Waals surface area contributed by atoms with Gasteiger partial charge in [-0.15, -0.1) is 0 Å². The van der Waals surface area contributed by atoms with E-state index in [1.165, 1.54) is 19.3 Å². The molecule has 0 fully saturated rings. The fourth-order valence-electron chi connectivity index (χ4n) is 1.29. The highest BCUT2D eigenvalue weighted by molar-refractivity contribution is 5.04. The van der Waals surface area contributed by atoms with Crippen LogP contribution in [0.15, 0.2) is 11.6 Å². The molecule has 0 nitrogen and oxygen atoms in total. The van der Waals surface area contributed by atoms with Gasteiger partial charge in [0.1, 0.15) is 0 Å². The highest BCUT2D eigenvalue weighted by Crippen LogP contribution is 2.24. The van der Waals surface area contributed by atoms with Crippen molar-refractivity contribution in [1.82, 2.24) is 0 Å². The van der Waals surface area contributed by atoms with Gasteiger partial charge >= 0.3 is 0 Å². The molecule has 0 N–H and O–H groups in total. The second-order valence-electron chi connectivity index (χ2n) is 2.92. The van der Waals surface area contributed by atoms with Gasteiger partial charge in [0.05, 0.1) is 0 Å². The third kappa shape index (κ3) is 1.85. The Morgan fingerprint density at radius 1 is 1.67 bits per heavy atom. The summed E-state index contributed by atoms with van der Waals surface area (Å²) in [5.74, 6) is 0.869. The average Bonchev–Trinajstić information content (AvgIpc) is 1.90. The molecule has 0 aromatic carbocycles. The van der Waals surface area contributed by atoms with E-state index in [0.29, 0.717) is 0 Å². The van der Waals surface area contributed by atoms with Crippen molar-refractivity contribution in [3.8, 4) is 0 Å². The van der Waals surface area contributed by atoms with E-state index in [-0.39, 0.29) is 0 Å². The van der Waals surface area contributed by atoms with Crippen molar-refractivity contribution in [2.45, 2.75) is 33.1 Å². The second kappa shape index (κ2) is 3.05. The number of hydrogen-bond acceptors (Lipinski definition) is 0. The van der Waals surface area contributed by atoms with E-state index in [1.807, 2.05) is 0 Å². The third-order valence-electron chi connectivity index (χ3n) is 2.15. The number of rotatable bonds is 1. The van der Waals surface area contributed by atoms with Gasteiger partial charge in [-0.05, 0) is 38.5 Å². The summed E-state index contributed by atoms with van der Waals surface area (Å²) in [6.07, 6.45) is 8.66. The number of hydrogen-bond donors (Lipinski definition) is 0. The third-order valence-corrected chi connectivity index (χ3v) is 2.15. The molecule has 0 aliphatic heterocycles. The van der Waals surface area contributed by atoms with Crippen LogP contribution in [0, 0.1) is 12.3 Å². The van der Waals surface area contributed by atoms with E-state index in [9.17, 15) is 0 Å². The van der Waals surface area contributed by atoms with Crippen LogP contribution in [0.4, 0.5) is 0 Å². The molecule has 0 saturated heterocycles. The lowest BCUT2D eigenvalue weighted by Gasteiger charge is -2.17. The zero-order valence-electron chi connectivity index (χ0n) is 6.35. The molecular weight excluding hydrogens is 108 g/mol. The molecule has 0 aromatic heterocycles. The van der Waals surface area contributed by atoms with Gasteiger partial charge in [-0.25, -0.2) is 0 Å². The minimum absolute atomic E-state index is 0.869. The molecular formula is C9H15. The zero-order chi connectivity index (χ0) is 6.69. The lowest BCUT2D eigenvalue weighted by atomic mass is 9.89. The largest absolute Gasteiger partial charge is 0.0853 e. The maximum Gasteiger partial charge on any atom is -0.0317 e. The molecule has 0 saturated carbocycles. The lowest BCUT2D eigenvalue weighted by molar-refractivity contribution is 0.533. The highest BCUT2D eigenvalue weighted by atomic mass is 14.1. The SMILES string of the molecule is C[CH]C1CC=C(C)CC1. The quantitative estimate of drug-likeness (QED) is 0.470. The Balaban J connectivity index is 2.36. The summed E-state index contributed by atoms with van der Waals surface area (Å²) in [6.45, 7) is 4.39. The fraction of sp³-hybridized carbons (Fsp3) is 0.667. The minimum atomic E-state index is 0.869. The average molecular weight is 123 g/mol. The van der Waals surface area contributed by atoms with Gasteiger partial charge in [-0.1, -0.05) is 18.6 Å². The maximum atomic E-state index is 2.37. The van der Waals surface area contributed by atoms with Crippen molar-refractivity contribution in [2.75, 3.05) is 0 Å².